The monoisotopic (exact) mass is 331 g/mol. The van der Waals surface area contributed by atoms with Crippen molar-refractivity contribution >= 4 is 11.9 Å². The maximum atomic E-state index is 13.8. The summed E-state index contributed by atoms with van der Waals surface area (Å²) in [6.45, 7) is 1.72. The van der Waals surface area contributed by atoms with E-state index in [2.05, 4.69) is 5.10 Å². The van der Waals surface area contributed by atoms with E-state index in [1.54, 1.807) is 30.0 Å². The zero-order valence-electron chi connectivity index (χ0n) is 13.2. The third-order valence-electron chi connectivity index (χ3n) is 4.05. The van der Waals surface area contributed by atoms with Crippen molar-refractivity contribution < 1.29 is 19.1 Å². The predicted octanol–water partition coefficient (Wildman–Crippen LogP) is 2.34. The number of carbonyl (C=O) groups is 2. The van der Waals surface area contributed by atoms with E-state index in [1.807, 2.05) is 0 Å². The fourth-order valence-electron chi connectivity index (χ4n) is 2.51. The molecule has 1 unspecified atom stereocenters. The highest BCUT2D eigenvalue weighted by Crippen LogP contribution is 2.29. The summed E-state index contributed by atoms with van der Waals surface area (Å²) in [5.74, 6) is -2.34. The van der Waals surface area contributed by atoms with Crippen molar-refractivity contribution in [2.75, 3.05) is 6.54 Å². The van der Waals surface area contributed by atoms with Crippen LogP contribution in [0.5, 0.6) is 0 Å². The van der Waals surface area contributed by atoms with Crippen LogP contribution in [0.15, 0.2) is 36.5 Å². The van der Waals surface area contributed by atoms with Gasteiger partial charge in [0.1, 0.15) is 11.5 Å². The molecule has 1 aromatic carbocycles. The summed E-state index contributed by atoms with van der Waals surface area (Å²) in [6.07, 6.45) is 3.26. The first-order valence-corrected chi connectivity index (χ1v) is 7.81. The number of rotatable bonds is 6. The molecular weight excluding hydrogens is 313 g/mol. The van der Waals surface area contributed by atoms with Crippen molar-refractivity contribution in [1.82, 2.24) is 14.7 Å². The summed E-state index contributed by atoms with van der Waals surface area (Å²) in [5, 5.41) is 13.2. The van der Waals surface area contributed by atoms with Crippen LogP contribution in [0.25, 0.3) is 5.69 Å². The second-order valence-corrected chi connectivity index (χ2v) is 6.02. The van der Waals surface area contributed by atoms with Gasteiger partial charge in [0.2, 0.25) is 0 Å². The largest absolute Gasteiger partial charge is 0.481 e. The van der Waals surface area contributed by atoms with Crippen LogP contribution in [0, 0.1) is 11.7 Å². The number of aromatic nitrogens is 2. The van der Waals surface area contributed by atoms with Crippen LogP contribution in [0.1, 0.15) is 30.3 Å². The molecular formula is C17H18FN3O3. The average Bonchev–Trinajstić information content (AvgIpc) is 3.28. The molecule has 0 bridgehead atoms. The van der Waals surface area contributed by atoms with Gasteiger partial charge in [0.25, 0.3) is 5.91 Å². The number of aliphatic carboxylic acids is 1. The van der Waals surface area contributed by atoms with Crippen molar-refractivity contribution in [3.63, 3.8) is 0 Å². The highest BCUT2D eigenvalue weighted by atomic mass is 19.1. The van der Waals surface area contributed by atoms with Gasteiger partial charge in [-0.15, -0.1) is 0 Å². The molecule has 1 aliphatic carbocycles. The standard InChI is InChI=1S/C17H18FN3O3/c1-11(17(23)24)10-20(12-6-7-12)16(22)14-8-9-21(19-14)15-5-3-2-4-13(15)18/h2-5,8-9,11-12H,6-7,10H2,1H3,(H,23,24). The van der Waals surface area contributed by atoms with E-state index < -0.39 is 17.7 Å². The number of carboxylic acids is 1. The molecule has 0 spiro atoms. The molecule has 1 atom stereocenters. The van der Waals surface area contributed by atoms with Crippen LogP contribution in [-0.4, -0.2) is 44.3 Å². The number of benzene rings is 1. The number of amides is 1. The Morgan fingerprint density at radius 2 is 2.08 bits per heavy atom. The van der Waals surface area contributed by atoms with Gasteiger partial charge >= 0.3 is 5.97 Å². The second kappa shape index (κ2) is 6.43. The average molecular weight is 331 g/mol. The Morgan fingerprint density at radius 3 is 2.71 bits per heavy atom. The van der Waals surface area contributed by atoms with Gasteiger partial charge in [-0.05, 0) is 31.0 Å². The Hall–Kier alpha value is -2.70. The van der Waals surface area contributed by atoms with Gasteiger partial charge in [-0.1, -0.05) is 19.1 Å². The highest BCUT2D eigenvalue weighted by molar-refractivity contribution is 5.93. The first kappa shape index (κ1) is 16.2. The first-order chi connectivity index (χ1) is 11.5. The van der Waals surface area contributed by atoms with Crippen molar-refractivity contribution in [2.45, 2.75) is 25.8 Å². The number of para-hydroxylation sites is 1. The second-order valence-electron chi connectivity index (χ2n) is 6.02. The van der Waals surface area contributed by atoms with E-state index in [0.29, 0.717) is 0 Å². The summed E-state index contributed by atoms with van der Waals surface area (Å²) in [5.41, 5.74) is 0.441. The molecule has 0 radical (unpaired) electrons. The Morgan fingerprint density at radius 1 is 1.38 bits per heavy atom. The van der Waals surface area contributed by atoms with Gasteiger partial charge in [0, 0.05) is 18.8 Å². The topological polar surface area (TPSA) is 75.4 Å². The lowest BCUT2D eigenvalue weighted by Crippen LogP contribution is -2.38. The van der Waals surface area contributed by atoms with E-state index in [4.69, 9.17) is 5.11 Å². The van der Waals surface area contributed by atoms with E-state index in [1.165, 1.54) is 23.0 Å². The number of hydrogen-bond donors (Lipinski definition) is 1. The van der Waals surface area contributed by atoms with Crippen LogP contribution in [0.3, 0.4) is 0 Å². The molecule has 7 heteroatoms. The molecule has 0 aliphatic heterocycles. The Labute approximate surface area is 138 Å². The van der Waals surface area contributed by atoms with Gasteiger partial charge in [-0.2, -0.15) is 5.10 Å². The molecule has 1 aliphatic rings. The molecule has 1 amide bonds. The van der Waals surface area contributed by atoms with Crippen LogP contribution in [-0.2, 0) is 4.79 Å². The van der Waals surface area contributed by atoms with Crippen LogP contribution in [0.2, 0.25) is 0 Å². The normalized spacial score (nSPS) is 15.1. The molecule has 6 nitrogen and oxygen atoms in total. The summed E-state index contributed by atoms with van der Waals surface area (Å²) in [4.78, 5) is 25.3. The molecule has 1 aromatic heterocycles. The van der Waals surface area contributed by atoms with Gasteiger partial charge in [-0.3, -0.25) is 9.59 Å². The quantitative estimate of drug-likeness (QED) is 0.881. The predicted molar refractivity (Wildman–Crippen MR) is 84.4 cm³/mol. The number of carboxylic acid groups (broad SMARTS) is 1. The highest BCUT2D eigenvalue weighted by Gasteiger charge is 2.35. The van der Waals surface area contributed by atoms with Gasteiger partial charge in [0.05, 0.1) is 5.92 Å². The third-order valence-corrected chi connectivity index (χ3v) is 4.05. The van der Waals surface area contributed by atoms with E-state index in [0.717, 1.165) is 12.8 Å². The molecule has 1 fully saturated rings. The number of nitrogens with zero attached hydrogens (tertiary/aromatic N) is 3. The smallest absolute Gasteiger partial charge is 0.308 e. The lowest BCUT2D eigenvalue weighted by Gasteiger charge is -2.23. The lowest BCUT2D eigenvalue weighted by molar-refractivity contribution is -0.141. The van der Waals surface area contributed by atoms with Crippen molar-refractivity contribution in [2.24, 2.45) is 5.92 Å². The minimum Gasteiger partial charge on any atom is -0.481 e. The summed E-state index contributed by atoms with van der Waals surface area (Å²) in [6, 6.07) is 7.75. The summed E-state index contributed by atoms with van der Waals surface area (Å²) >= 11 is 0. The minimum atomic E-state index is -0.940. The molecule has 126 valence electrons. The number of halogens is 1. The molecule has 24 heavy (non-hydrogen) atoms. The van der Waals surface area contributed by atoms with Crippen LogP contribution >= 0.6 is 0 Å². The summed E-state index contributed by atoms with van der Waals surface area (Å²) in [7, 11) is 0. The number of hydrogen-bond acceptors (Lipinski definition) is 3. The van der Waals surface area contributed by atoms with Gasteiger partial charge in [-0.25, -0.2) is 9.07 Å². The Balaban J connectivity index is 1.81. The van der Waals surface area contributed by atoms with Crippen molar-refractivity contribution in [3.05, 3.63) is 48.0 Å². The van der Waals surface area contributed by atoms with E-state index in [-0.39, 0.29) is 29.9 Å². The zero-order valence-corrected chi connectivity index (χ0v) is 13.2. The van der Waals surface area contributed by atoms with Crippen molar-refractivity contribution in [3.8, 4) is 5.69 Å². The zero-order chi connectivity index (χ0) is 17.3. The fraction of sp³-hybridized carbons (Fsp3) is 0.353. The van der Waals surface area contributed by atoms with Crippen LogP contribution in [0.4, 0.5) is 4.39 Å². The maximum absolute atomic E-state index is 13.8. The first-order valence-electron chi connectivity index (χ1n) is 7.81. The van der Waals surface area contributed by atoms with E-state index in [9.17, 15) is 14.0 Å². The van der Waals surface area contributed by atoms with E-state index >= 15 is 0 Å². The minimum absolute atomic E-state index is 0.0675. The van der Waals surface area contributed by atoms with Gasteiger partial charge in [0.15, 0.2) is 5.69 Å². The lowest BCUT2D eigenvalue weighted by atomic mass is 10.1. The third kappa shape index (κ3) is 3.29. The van der Waals surface area contributed by atoms with Gasteiger partial charge < -0.3 is 10.0 Å². The summed E-state index contributed by atoms with van der Waals surface area (Å²) < 4.78 is 15.1. The molecule has 1 saturated carbocycles. The molecule has 3 rings (SSSR count). The number of carbonyl (C=O) groups excluding carboxylic acids is 1. The Kier molecular flexibility index (Phi) is 4.33. The fourth-order valence-corrected chi connectivity index (χ4v) is 2.51. The molecule has 1 heterocycles. The Bertz CT molecular complexity index is 770. The molecule has 1 N–H and O–H groups in total. The SMILES string of the molecule is CC(CN(C(=O)c1ccn(-c2ccccc2F)n1)C1CC1)C(=O)O. The maximum Gasteiger partial charge on any atom is 0.308 e. The molecule has 0 saturated heterocycles. The van der Waals surface area contributed by atoms with Crippen molar-refractivity contribution in [1.29, 1.82) is 0 Å². The molecule has 2 aromatic rings. The van der Waals surface area contributed by atoms with Crippen LogP contribution < -0.4 is 0 Å².